The van der Waals surface area contributed by atoms with E-state index in [1.807, 2.05) is 13.0 Å². The van der Waals surface area contributed by atoms with Crippen molar-refractivity contribution < 1.29 is 14.3 Å². The first kappa shape index (κ1) is 21.5. The Labute approximate surface area is 188 Å². The molecule has 0 aromatic carbocycles. The van der Waals surface area contributed by atoms with Crippen molar-refractivity contribution in [1.82, 2.24) is 0 Å². The standard InChI is InChI=1S/C28H40O3/c1-16-14-25(31-26(30)17(16)2)18(3)22-8-9-23-21-7-6-19-15-20(29)10-12-27(19,4)24(21)11-13-28(22,23)5/h15,18,21-25H,6-14H2,1-5H3/t18-,21?,22?,23?,24?,25?,27-,28+/m0/s1. The van der Waals surface area contributed by atoms with Gasteiger partial charge >= 0.3 is 5.97 Å². The predicted octanol–water partition coefficient (Wildman–Crippen LogP) is 6.42. The van der Waals surface area contributed by atoms with Crippen LogP contribution in [0.5, 0.6) is 0 Å². The second kappa shape index (κ2) is 7.32. The van der Waals surface area contributed by atoms with Gasteiger partial charge in [-0.25, -0.2) is 4.79 Å². The highest BCUT2D eigenvalue weighted by atomic mass is 16.5. The second-order valence-electron chi connectivity index (χ2n) is 12.1. The first-order chi connectivity index (χ1) is 14.6. The summed E-state index contributed by atoms with van der Waals surface area (Å²) in [6.45, 7) is 11.4. The third-order valence-corrected chi connectivity index (χ3v) is 11.0. The van der Waals surface area contributed by atoms with Crippen molar-refractivity contribution in [3.8, 4) is 0 Å². The molecule has 8 atom stereocenters. The molecular weight excluding hydrogens is 384 g/mol. The highest BCUT2D eigenvalue weighted by Crippen LogP contribution is 2.67. The van der Waals surface area contributed by atoms with E-state index in [1.54, 1.807) is 0 Å². The van der Waals surface area contributed by atoms with Crippen LogP contribution in [0.3, 0.4) is 0 Å². The molecule has 1 aliphatic heterocycles. The van der Waals surface area contributed by atoms with Crippen LogP contribution < -0.4 is 0 Å². The van der Waals surface area contributed by atoms with E-state index in [0.717, 1.165) is 49.0 Å². The molecule has 170 valence electrons. The molecule has 0 aromatic rings. The van der Waals surface area contributed by atoms with Gasteiger partial charge in [0, 0.05) is 18.4 Å². The molecule has 1 heterocycles. The Balaban J connectivity index is 1.38. The van der Waals surface area contributed by atoms with E-state index in [4.69, 9.17) is 4.74 Å². The largest absolute Gasteiger partial charge is 0.458 e. The van der Waals surface area contributed by atoms with Gasteiger partial charge in [0.15, 0.2) is 5.78 Å². The summed E-state index contributed by atoms with van der Waals surface area (Å²) < 4.78 is 5.94. The molecule has 0 aromatic heterocycles. The Bertz CT molecular complexity index is 865. The van der Waals surface area contributed by atoms with Gasteiger partial charge in [-0.05, 0) is 105 Å². The molecule has 5 unspecified atom stereocenters. The minimum absolute atomic E-state index is 0.0391. The van der Waals surface area contributed by atoms with E-state index in [2.05, 4.69) is 27.7 Å². The van der Waals surface area contributed by atoms with Crippen molar-refractivity contribution >= 4 is 11.8 Å². The Morgan fingerprint density at radius 3 is 2.52 bits per heavy atom. The second-order valence-corrected chi connectivity index (χ2v) is 12.1. The quantitative estimate of drug-likeness (QED) is 0.480. The van der Waals surface area contributed by atoms with Crippen LogP contribution in [0.25, 0.3) is 0 Å². The van der Waals surface area contributed by atoms with Crippen LogP contribution in [0.2, 0.25) is 0 Å². The number of fused-ring (bicyclic) bond motifs is 5. The highest BCUT2D eigenvalue weighted by Gasteiger charge is 2.60. The lowest BCUT2D eigenvalue weighted by Crippen LogP contribution is -2.51. The first-order valence-corrected chi connectivity index (χ1v) is 12.8. The topological polar surface area (TPSA) is 43.4 Å². The molecule has 0 radical (unpaired) electrons. The maximum atomic E-state index is 12.4. The summed E-state index contributed by atoms with van der Waals surface area (Å²) >= 11 is 0. The summed E-state index contributed by atoms with van der Waals surface area (Å²) in [5.41, 5.74) is 4.09. The van der Waals surface area contributed by atoms with Crippen LogP contribution in [0, 0.1) is 40.4 Å². The summed E-state index contributed by atoms with van der Waals surface area (Å²) in [7, 11) is 0. The van der Waals surface area contributed by atoms with Gasteiger partial charge < -0.3 is 4.74 Å². The highest BCUT2D eigenvalue weighted by molar-refractivity contribution is 5.91. The van der Waals surface area contributed by atoms with Gasteiger partial charge in [-0.15, -0.1) is 0 Å². The van der Waals surface area contributed by atoms with Gasteiger partial charge in [-0.1, -0.05) is 31.9 Å². The molecule has 31 heavy (non-hydrogen) atoms. The molecular formula is C28H40O3. The maximum Gasteiger partial charge on any atom is 0.333 e. The van der Waals surface area contributed by atoms with E-state index in [1.165, 1.54) is 43.3 Å². The number of esters is 1. The molecule has 3 nitrogen and oxygen atoms in total. The van der Waals surface area contributed by atoms with Crippen molar-refractivity contribution in [3.05, 3.63) is 22.8 Å². The van der Waals surface area contributed by atoms with Gasteiger partial charge in [-0.2, -0.15) is 0 Å². The summed E-state index contributed by atoms with van der Waals surface area (Å²) in [5.74, 6) is 3.63. The van der Waals surface area contributed by atoms with E-state index in [9.17, 15) is 9.59 Å². The molecule has 4 aliphatic carbocycles. The Hall–Kier alpha value is -1.38. The molecule has 0 bridgehead atoms. The fourth-order valence-corrected chi connectivity index (χ4v) is 8.91. The number of hydrogen-bond acceptors (Lipinski definition) is 3. The first-order valence-electron chi connectivity index (χ1n) is 12.8. The fraction of sp³-hybridized carbons (Fsp3) is 0.786. The van der Waals surface area contributed by atoms with Crippen molar-refractivity contribution in [1.29, 1.82) is 0 Å². The average Bonchev–Trinajstić information content (AvgIpc) is 3.08. The Kier molecular flexibility index (Phi) is 5.07. The Morgan fingerprint density at radius 2 is 1.77 bits per heavy atom. The normalized spacial score (nSPS) is 46.0. The van der Waals surface area contributed by atoms with Gasteiger partial charge in [0.2, 0.25) is 0 Å². The molecule has 3 saturated carbocycles. The van der Waals surface area contributed by atoms with Crippen molar-refractivity contribution in [3.63, 3.8) is 0 Å². The monoisotopic (exact) mass is 424 g/mol. The Morgan fingerprint density at radius 1 is 1.00 bits per heavy atom. The van der Waals surface area contributed by atoms with Crippen molar-refractivity contribution in [2.24, 2.45) is 40.4 Å². The number of ether oxygens (including phenoxy) is 1. The van der Waals surface area contributed by atoms with Gasteiger partial charge in [0.25, 0.3) is 0 Å². The minimum Gasteiger partial charge on any atom is -0.458 e. The van der Waals surface area contributed by atoms with Crippen molar-refractivity contribution in [2.75, 3.05) is 0 Å². The lowest BCUT2D eigenvalue weighted by Gasteiger charge is -2.58. The third-order valence-electron chi connectivity index (χ3n) is 11.0. The van der Waals surface area contributed by atoms with Crippen LogP contribution in [0.15, 0.2) is 22.8 Å². The van der Waals surface area contributed by atoms with Gasteiger partial charge in [-0.3, -0.25) is 4.79 Å². The lowest BCUT2D eigenvalue weighted by atomic mass is 9.46. The van der Waals surface area contributed by atoms with E-state index in [0.29, 0.717) is 23.0 Å². The summed E-state index contributed by atoms with van der Waals surface area (Å²) in [6.07, 6.45) is 12.3. The van der Waals surface area contributed by atoms with Crippen LogP contribution in [0.1, 0.15) is 92.4 Å². The summed E-state index contributed by atoms with van der Waals surface area (Å²) in [6, 6.07) is 0. The fourth-order valence-electron chi connectivity index (χ4n) is 8.91. The molecule has 3 heteroatoms. The van der Waals surface area contributed by atoms with Crippen LogP contribution >= 0.6 is 0 Å². The van der Waals surface area contributed by atoms with Gasteiger partial charge in [0.05, 0.1) is 0 Å². The molecule has 0 amide bonds. The number of cyclic esters (lactones) is 1. The number of rotatable bonds is 2. The maximum absolute atomic E-state index is 12.4. The zero-order valence-corrected chi connectivity index (χ0v) is 20.1. The van der Waals surface area contributed by atoms with E-state index in [-0.39, 0.29) is 17.5 Å². The lowest BCUT2D eigenvalue weighted by molar-refractivity contribution is -0.151. The van der Waals surface area contributed by atoms with Gasteiger partial charge in [0.1, 0.15) is 6.10 Å². The molecule has 5 rings (SSSR count). The molecule has 0 N–H and O–H groups in total. The third kappa shape index (κ3) is 3.12. The average molecular weight is 425 g/mol. The molecule has 3 fully saturated rings. The van der Waals surface area contributed by atoms with Crippen LogP contribution in [-0.4, -0.2) is 17.9 Å². The van der Waals surface area contributed by atoms with Crippen LogP contribution in [0.4, 0.5) is 0 Å². The smallest absolute Gasteiger partial charge is 0.333 e. The number of carbonyl (C=O) groups is 2. The van der Waals surface area contributed by atoms with E-state index < -0.39 is 0 Å². The number of allylic oxidation sites excluding steroid dienone is 1. The molecule has 0 saturated heterocycles. The summed E-state index contributed by atoms with van der Waals surface area (Å²) in [5, 5.41) is 0. The predicted molar refractivity (Wildman–Crippen MR) is 122 cm³/mol. The van der Waals surface area contributed by atoms with E-state index >= 15 is 0 Å². The molecule has 0 spiro atoms. The van der Waals surface area contributed by atoms with Crippen LogP contribution in [-0.2, 0) is 14.3 Å². The minimum atomic E-state index is -0.102. The summed E-state index contributed by atoms with van der Waals surface area (Å²) in [4.78, 5) is 24.4. The number of carbonyl (C=O) groups excluding carboxylic acids is 2. The van der Waals surface area contributed by atoms with Crippen molar-refractivity contribution in [2.45, 2.75) is 98.5 Å². The number of ketones is 1. The zero-order valence-electron chi connectivity index (χ0n) is 20.1. The number of hydrogen-bond donors (Lipinski definition) is 0. The SMILES string of the molecule is CC1=C(C)C(=O)OC([C@@H](C)C2CCC3C4CCC5=CC(=O)CC[C@]5(C)C4CC[C@@]32C)C1. The zero-order chi connectivity index (χ0) is 22.1. The molecule has 5 aliphatic rings.